The number of carbonyl (C=O) groups excluding carboxylic acids is 2. The van der Waals surface area contributed by atoms with E-state index in [1.807, 2.05) is 30.3 Å². The fraction of sp³-hybridized carbons (Fsp3) is 0.273. The molecule has 0 radical (unpaired) electrons. The maximum Gasteiger partial charge on any atom is 0.319 e. The number of nitrogens with one attached hydrogen (secondary N) is 3. The van der Waals surface area contributed by atoms with E-state index < -0.39 is 5.41 Å². The number of ether oxygens (including phenoxy) is 1. The summed E-state index contributed by atoms with van der Waals surface area (Å²) in [5.74, 6) is -0.0357. The summed E-state index contributed by atoms with van der Waals surface area (Å²) in [6.45, 7) is 5.07. The van der Waals surface area contributed by atoms with Crippen molar-refractivity contribution in [2.24, 2.45) is 0 Å². The average Bonchev–Trinajstić information content (AvgIpc) is 2.74. The maximum absolute atomic E-state index is 13.2. The number of hydrogen-bond donors (Lipinski definition) is 3. The van der Waals surface area contributed by atoms with Crippen LogP contribution < -0.4 is 16.0 Å². The molecule has 2 aromatic carbocycles. The van der Waals surface area contributed by atoms with E-state index in [1.165, 1.54) is 0 Å². The van der Waals surface area contributed by atoms with Gasteiger partial charge in [-0.15, -0.1) is 6.58 Å². The fourth-order valence-electron chi connectivity index (χ4n) is 3.35. The highest BCUT2D eigenvalue weighted by Crippen LogP contribution is 2.36. The molecule has 6 heteroatoms. The van der Waals surface area contributed by atoms with Gasteiger partial charge in [-0.1, -0.05) is 36.4 Å². The molecule has 6 nitrogen and oxygen atoms in total. The summed E-state index contributed by atoms with van der Waals surface area (Å²) in [6.07, 6.45) is 2.90. The molecule has 2 aromatic rings. The van der Waals surface area contributed by atoms with E-state index in [1.54, 1.807) is 30.3 Å². The number of hydrogen-bond acceptors (Lipinski definition) is 3. The van der Waals surface area contributed by atoms with Gasteiger partial charge in [0.2, 0.25) is 5.91 Å². The van der Waals surface area contributed by atoms with E-state index in [4.69, 9.17) is 4.74 Å². The van der Waals surface area contributed by atoms with Crippen molar-refractivity contribution in [3.8, 4) is 0 Å². The van der Waals surface area contributed by atoms with Crippen LogP contribution in [0.3, 0.4) is 0 Å². The SMILES string of the molecule is C=CCNC(=O)Nc1ccc(NC(=O)C2(c3ccccc3)CCOCC2)cc1. The largest absolute Gasteiger partial charge is 0.381 e. The first-order chi connectivity index (χ1) is 13.6. The summed E-state index contributed by atoms with van der Waals surface area (Å²) in [5, 5.41) is 8.40. The lowest BCUT2D eigenvalue weighted by molar-refractivity contribution is -0.125. The van der Waals surface area contributed by atoms with Crippen LogP contribution in [0.2, 0.25) is 0 Å². The van der Waals surface area contributed by atoms with Gasteiger partial charge in [-0.3, -0.25) is 4.79 Å². The Morgan fingerprint density at radius 1 is 0.964 bits per heavy atom. The van der Waals surface area contributed by atoms with Crippen molar-refractivity contribution < 1.29 is 14.3 Å². The summed E-state index contributed by atoms with van der Waals surface area (Å²) in [4.78, 5) is 24.9. The van der Waals surface area contributed by atoms with E-state index in [-0.39, 0.29) is 11.9 Å². The van der Waals surface area contributed by atoms with Gasteiger partial charge in [-0.2, -0.15) is 0 Å². The van der Waals surface area contributed by atoms with Crippen molar-refractivity contribution in [3.63, 3.8) is 0 Å². The molecule has 146 valence electrons. The summed E-state index contributed by atoms with van der Waals surface area (Å²) in [5.41, 5.74) is 1.74. The summed E-state index contributed by atoms with van der Waals surface area (Å²) in [7, 11) is 0. The number of amides is 3. The molecule has 1 saturated heterocycles. The molecule has 3 N–H and O–H groups in total. The molecule has 1 aliphatic rings. The molecule has 1 heterocycles. The molecule has 0 saturated carbocycles. The zero-order valence-corrected chi connectivity index (χ0v) is 15.7. The minimum absolute atomic E-state index is 0.0357. The summed E-state index contributed by atoms with van der Waals surface area (Å²) in [6, 6.07) is 16.6. The van der Waals surface area contributed by atoms with E-state index in [0.717, 1.165) is 5.56 Å². The molecule has 0 aromatic heterocycles. The van der Waals surface area contributed by atoms with E-state index >= 15 is 0 Å². The molecule has 28 heavy (non-hydrogen) atoms. The highest BCUT2D eigenvalue weighted by atomic mass is 16.5. The Labute approximate surface area is 165 Å². The first-order valence-corrected chi connectivity index (χ1v) is 9.34. The second-order valence-corrected chi connectivity index (χ2v) is 6.72. The van der Waals surface area contributed by atoms with Crippen LogP contribution in [0.25, 0.3) is 0 Å². The Kier molecular flexibility index (Phi) is 6.45. The molecule has 3 amide bonds. The average molecular weight is 379 g/mol. The van der Waals surface area contributed by atoms with Crippen LogP contribution in [-0.4, -0.2) is 31.7 Å². The van der Waals surface area contributed by atoms with Gasteiger partial charge in [0.15, 0.2) is 0 Å². The molecule has 3 rings (SSSR count). The van der Waals surface area contributed by atoms with E-state index in [0.29, 0.717) is 44.0 Å². The van der Waals surface area contributed by atoms with Crippen molar-refractivity contribution in [2.45, 2.75) is 18.3 Å². The van der Waals surface area contributed by atoms with Crippen LogP contribution in [0.1, 0.15) is 18.4 Å². The smallest absolute Gasteiger partial charge is 0.319 e. The number of anilines is 2. The van der Waals surface area contributed by atoms with Gasteiger partial charge in [-0.05, 0) is 42.7 Å². The molecule has 0 atom stereocenters. The fourth-order valence-corrected chi connectivity index (χ4v) is 3.35. The molecule has 0 aliphatic carbocycles. The second-order valence-electron chi connectivity index (χ2n) is 6.72. The van der Waals surface area contributed by atoms with Gasteiger partial charge in [0.1, 0.15) is 0 Å². The number of rotatable bonds is 6. The lowest BCUT2D eigenvalue weighted by Gasteiger charge is -2.36. The lowest BCUT2D eigenvalue weighted by atomic mass is 9.73. The number of urea groups is 1. The van der Waals surface area contributed by atoms with Crippen LogP contribution in [-0.2, 0) is 14.9 Å². The number of carbonyl (C=O) groups is 2. The topological polar surface area (TPSA) is 79.5 Å². The van der Waals surface area contributed by atoms with Crippen LogP contribution in [0, 0.1) is 0 Å². The minimum Gasteiger partial charge on any atom is -0.381 e. The van der Waals surface area contributed by atoms with Gasteiger partial charge >= 0.3 is 6.03 Å². The van der Waals surface area contributed by atoms with Gasteiger partial charge in [-0.25, -0.2) is 4.79 Å². The van der Waals surface area contributed by atoms with Crippen molar-refractivity contribution in [1.29, 1.82) is 0 Å². The Morgan fingerprint density at radius 2 is 1.57 bits per heavy atom. The van der Waals surface area contributed by atoms with Crippen molar-refractivity contribution >= 4 is 23.3 Å². The Hall–Kier alpha value is -3.12. The van der Waals surface area contributed by atoms with Gasteiger partial charge < -0.3 is 20.7 Å². The van der Waals surface area contributed by atoms with Gasteiger partial charge in [0.25, 0.3) is 0 Å². The highest BCUT2D eigenvalue weighted by Gasteiger charge is 2.41. The molecule has 0 spiro atoms. The van der Waals surface area contributed by atoms with Gasteiger partial charge in [0, 0.05) is 31.1 Å². The molecular formula is C22H25N3O3. The molecule has 1 fully saturated rings. The summed E-state index contributed by atoms with van der Waals surface area (Å²) < 4.78 is 5.49. The Balaban J connectivity index is 1.70. The van der Waals surface area contributed by atoms with Crippen LogP contribution >= 0.6 is 0 Å². The van der Waals surface area contributed by atoms with Crippen molar-refractivity contribution in [1.82, 2.24) is 5.32 Å². The molecule has 0 bridgehead atoms. The quantitative estimate of drug-likeness (QED) is 0.670. The third kappa shape index (κ3) is 4.58. The van der Waals surface area contributed by atoms with E-state index in [9.17, 15) is 9.59 Å². The predicted octanol–water partition coefficient (Wildman–Crippen LogP) is 3.68. The lowest BCUT2D eigenvalue weighted by Crippen LogP contribution is -2.44. The zero-order valence-electron chi connectivity index (χ0n) is 15.7. The first kappa shape index (κ1) is 19.6. The highest BCUT2D eigenvalue weighted by molar-refractivity contribution is 5.99. The number of benzene rings is 2. The minimum atomic E-state index is -0.596. The third-order valence-corrected chi connectivity index (χ3v) is 4.91. The van der Waals surface area contributed by atoms with Crippen LogP contribution in [0.5, 0.6) is 0 Å². The predicted molar refractivity (Wildman–Crippen MR) is 110 cm³/mol. The third-order valence-electron chi connectivity index (χ3n) is 4.91. The molecular weight excluding hydrogens is 354 g/mol. The van der Waals surface area contributed by atoms with Gasteiger partial charge in [0.05, 0.1) is 5.41 Å². The second kappa shape index (κ2) is 9.19. The van der Waals surface area contributed by atoms with E-state index in [2.05, 4.69) is 22.5 Å². The monoisotopic (exact) mass is 379 g/mol. The summed E-state index contributed by atoms with van der Waals surface area (Å²) >= 11 is 0. The first-order valence-electron chi connectivity index (χ1n) is 9.34. The Morgan fingerprint density at radius 3 is 2.18 bits per heavy atom. The molecule has 0 unspecified atom stereocenters. The van der Waals surface area contributed by atoms with Crippen molar-refractivity contribution in [2.75, 3.05) is 30.4 Å². The maximum atomic E-state index is 13.2. The molecule has 1 aliphatic heterocycles. The van der Waals surface area contributed by atoms with Crippen molar-refractivity contribution in [3.05, 3.63) is 72.8 Å². The van der Waals surface area contributed by atoms with Crippen LogP contribution in [0.4, 0.5) is 16.2 Å². The standard InChI is InChI=1S/C22H25N3O3/c1-2-14-23-21(27)25-19-10-8-18(9-11-19)24-20(26)22(12-15-28-16-13-22)17-6-4-3-5-7-17/h2-11H,1,12-16H2,(H,24,26)(H2,23,25,27). The normalized spacial score (nSPS) is 15.3. The van der Waals surface area contributed by atoms with Crippen LogP contribution in [0.15, 0.2) is 67.3 Å². The Bertz CT molecular complexity index is 813. The zero-order chi connectivity index (χ0) is 19.8.